The summed E-state index contributed by atoms with van der Waals surface area (Å²) >= 11 is 1.68. The third-order valence-electron chi connectivity index (χ3n) is 3.89. The van der Waals surface area contributed by atoms with Crippen LogP contribution in [0.4, 0.5) is 0 Å². The number of nitrogens with zero attached hydrogens (tertiary/aromatic N) is 1. The van der Waals surface area contributed by atoms with Gasteiger partial charge in [0.1, 0.15) is 5.75 Å². The second-order valence-electron chi connectivity index (χ2n) is 5.68. The van der Waals surface area contributed by atoms with E-state index in [0.29, 0.717) is 19.4 Å². The number of amides is 1. The lowest BCUT2D eigenvalue weighted by atomic mass is 10.1. The Morgan fingerprint density at radius 1 is 1.16 bits per heavy atom. The Morgan fingerprint density at radius 3 is 2.72 bits per heavy atom. The summed E-state index contributed by atoms with van der Waals surface area (Å²) in [6, 6.07) is 14.0. The van der Waals surface area contributed by atoms with Gasteiger partial charge in [0, 0.05) is 35.8 Å². The van der Waals surface area contributed by atoms with Crippen LogP contribution < -0.4 is 10.1 Å². The van der Waals surface area contributed by atoms with Crippen molar-refractivity contribution in [1.82, 2.24) is 10.3 Å². The summed E-state index contributed by atoms with van der Waals surface area (Å²) in [4.78, 5) is 17.5. The summed E-state index contributed by atoms with van der Waals surface area (Å²) in [5, 5.41) is 5.01. The van der Waals surface area contributed by atoms with Crippen LogP contribution in [-0.4, -0.2) is 18.0 Å². The Hall–Kier alpha value is -2.66. The second kappa shape index (κ2) is 8.44. The van der Waals surface area contributed by atoms with Crippen molar-refractivity contribution >= 4 is 17.2 Å². The van der Waals surface area contributed by atoms with Crippen molar-refractivity contribution in [2.75, 3.05) is 7.11 Å². The number of carbonyl (C=O) groups is 1. The largest absolute Gasteiger partial charge is 0.497 e. The van der Waals surface area contributed by atoms with E-state index in [0.717, 1.165) is 22.4 Å². The van der Waals surface area contributed by atoms with E-state index in [1.54, 1.807) is 24.6 Å². The number of benzene rings is 1. The highest BCUT2D eigenvalue weighted by atomic mass is 32.1. The Labute approximate surface area is 151 Å². The highest BCUT2D eigenvalue weighted by molar-refractivity contribution is 7.13. The van der Waals surface area contributed by atoms with Crippen molar-refractivity contribution in [3.8, 4) is 16.2 Å². The van der Waals surface area contributed by atoms with Gasteiger partial charge in [-0.1, -0.05) is 18.2 Å². The monoisotopic (exact) mass is 352 g/mol. The standard InChI is InChI=1S/C20H20N2O2S/c1-24-18-7-4-15(5-8-18)6-9-20(23)22-13-16-11-17(14-21-12-16)19-3-2-10-25-19/h2-5,7-8,10-12,14H,6,9,13H2,1H3,(H,22,23). The van der Waals surface area contributed by atoms with Crippen LogP contribution in [-0.2, 0) is 17.8 Å². The minimum Gasteiger partial charge on any atom is -0.497 e. The molecule has 1 N–H and O–H groups in total. The summed E-state index contributed by atoms with van der Waals surface area (Å²) < 4.78 is 5.13. The van der Waals surface area contributed by atoms with Crippen molar-refractivity contribution in [3.63, 3.8) is 0 Å². The van der Waals surface area contributed by atoms with Crippen molar-refractivity contribution < 1.29 is 9.53 Å². The fourth-order valence-corrected chi connectivity index (χ4v) is 3.21. The van der Waals surface area contributed by atoms with Crippen LogP contribution in [0.3, 0.4) is 0 Å². The number of carbonyl (C=O) groups excluding carboxylic acids is 1. The maximum Gasteiger partial charge on any atom is 0.220 e. The van der Waals surface area contributed by atoms with E-state index in [2.05, 4.69) is 22.4 Å². The number of aryl methyl sites for hydroxylation is 1. The second-order valence-corrected chi connectivity index (χ2v) is 6.63. The van der Waals surface area contributed by atoms with E-state index in [4.69, 9.17) is 4.74 Å². The van der Waals surface area contributed by atoms with E-state index in [9.17, 15) is 4.79 Å². The molecule has 0 aliphatic heterocycles. The summed E-state index contributed by atoms with van der Waals surface area (Å²) in [5.41, 5.74) is 3.21. The van der Waals surface area contributed by atoms with Crippen LogP contribution >= 0.6 is 11.3 Å². The molecule has 128 valence electrons. The number of hydrogen-bond acceptors (Lipinski definition) is 4. The molecule has 4 nitrogen and oxygen atoms in total. The average molecular weight is 352 g/mol. The highest BCUT2D eigenvalue weighted by Gasteiger charge is 2.05. The van der Waals surface area contributed by atoms with Gasteiger partial charge in [-0.05, 0) is 47.2 Å². The van der Waals surface area contributed by atoms with E-state index in [-0.39, 0.29) is 5.91 Å². The molecule has 1 amide bonds. The maximum absolute atomic E-state index is 12.1. The molecule has 0 aliphatic rings. The fourth-order valence-electron chi connectivity index (χ4n) is 2.50. The van der Waals surface area contributed by atoms with E-state index >= 15 is 0 Å². The Balaban J connectivity index is 1.49. The van der Waals surface area contributed by atoms with Gasteiger partial charge in [-0.3, -0.25) is 9.78 Å². The molecule has 5 heteroatoms. The predicted molar refractivity (Wildman–Crippen MR) is 101 cm³/mol. The topological polar surface area (TPSA) is 51.2 Å². The molecule has 0 atom stereocenters. The molecule has 2 aromatic heterocycles. The first kappa shape index (κ1) is 17.2. The van der Waals surface area contributed by atoms with Crippen molar-refractivity contribution in [3.05, 3.63) is 71.4 Å². The molecular formula is C20H20N2O2S. The normalized spacial score (nSPS) is 10.4. The molecule has 0 spiro atoms. The molecule has 0 aliphatic carbocycles. The van der Waals surface area contributed by atoms with Gasteiger partial charge in [0.2, 0.25) is 5.91 Å². The van der Waals surface area contributed by atoms with Crippen molar-refractivity contribution in [2.45, 2.75) is 19.4 Å². The van der Waals surface area contributed by atoms with Gasteiger partial charge in [-0.25, -0.2) is 0 Å². The summed E-state index contributed by atoms with van der Waals surface area (Å²) in [7, 11) is 1.64. The Morgan fingerprint density at radius 2 is 2.00 bits per heavy atom. The maximum atomic E-state index is 12.1. The van der Waals surface area contributed by atoms with E-state index in [1.165, 1.54) is 4.88 Å². The molecule has 0 saturated heterocycles. The van der Waals surface area contributed by atoms with Gasteiger partial charge in [0.25, 0.3) is 0 Å². The molecule has 3 aromatic rings. The molecule has 1 aromatic carbocycles. The SMILES string of the molecule is COc1ccc(CCC(=O)NCc2cncc(-c3cccs3)c2)cc1. The molecule has 0 radical (unpaired) electrons. The van der Waals surface area contributed by atoms with Gasteiger partial charge < -0.3 is 10.1 Å². The third kappa shape index (κ3) is 4.90. The lowest BCUT2D eigenvalue weighted by Gasteiger charge is -2.07. The van der Waals surface area contributed by atoms with Crippen LogP contribution in [0.15, 0.2) is 60.2 Å². The molecule has 0 fully saturated rings. The van der Waals surface area contributed by atoms with Gasteiger partial charge >= 0.3 is 0 Å². The first-order chi connectivity index (χ1) is 12.2. The Bertz CT molecular complexity index is 814. The van der Waals surface area contributed by atoms with Gasteiger partial charge in [0.05, 0.1) is 7.11 Å². The third-order valence-corrected chi connectivity index (χ3v) is 4.81. The zero-order valence-electron chi connectivity index (χ0n) is 14.1. The van der Waals surface area contributed by atoms with Crippen LogP contribution in [0, 0.1) is 0 Å². The molecule has 25 heavy (non-hydrogen) atoms. The molecule has 0 saturated carbocycles. The van der Waals surface area contributed by atoms with Crippen molar-refractivity contribution in [2.24, 2.45) is 0 Å². The van der Waals surface area contributed by atoms with Gasteiger partial charge in [-0.15, -0.1) is 11.3 Å². The molecule has 3 rings (SSSR count). The number of methoxy groups -OCH3 is 1. The minimum atomic E-state index is 0.0392. The average Bonchev–Trinajstić information content (AvgIpc) is 3.20. The summed E-state index contributed by atoms with van der Waals surface area (Å²) in [6.45, 7) is 0.494. The first-order valence-electron chi connectivity index (χ1n) is 8.12. The number of ether oxygens (including phenoxy) is 1. The lowest BCUT2D eigenvalue weighted by Crippen LogP contribution is -2.23. The Kier molecular flexibility index (Phi) is 5.80. The molecule has 0 bridgehead atoms. The predicted octanol–water partition coefficient (Wildman–Crippen LogP) is 4.07. The molecular weight excluding hydrogens is 332 g/mol. The van der Waals surface area contributed by atoms with Gasteiger partial charge in [0.15, 0.2) is 0 Å². The number of rotatable bonds is 7. The van der Waals surface area contributed by atoms with E-state index in [1.807, 2.05) is 41.9 Å². The summed E-state index contributed by atoms with van der Waals surface area (Å²) in [6.07, 6.45) is 4.81. The smallest absolute Gasteiger partial charge is 0.220 e. The highest BCUT2D eigenvalue weighted by Crippen LogP contribution is 2.24. The number of pyridine rings is 1. The number of thiophene rings is 1. The van der Waals surface area contributed by atoms with Gasteiger partial charge in [-0.2, -0.15) is 0 Å². The van der Waals surface area contributed by atoms with E-state index < -0.39 is 0 Å². The minimum absolute atomic E-state index is 0.0392. The molecule has 0 unspecified atom stereocenters. The zero-order chi connectivity index (χ0) is 17.5. The lowest BCUT2D eigenvalue weighted by molar-refractivity contribution is -0.121. The van der Waals surface area contributed by atoms with Crippen LogP contribution in [0.25, 0.3) is 10.4 Å². The zero-order valence-corrected chi connectivity index (χ0v) is 14.9. The van der Waals surface area contributed by atoms with Crippen LogP contribution in [0.2, 0.25) is 0 Å². The van der Waals surface area contributed by atoms with Crippen LogP contribution in [0.5, 0.6) is 5.75 Å². The quantitative estimate of drug-likeness (QED) is 0.697. The van der Waals surface area contributed by atoms with Crippen molar-refractivity contribution in [1.29, 1.82) is 0 Å². The first-order valence-corrected chi connectivity index (χ1v) is 9.00. The fraction of sp³-hybridized carbons (Fsp3) is 0.200. The molecule has 2 heterocycles. The number of aromatic nitrogens is 1. The van der Waals surface area contributed by atoms with Crippen LogP contribution in [0.1, 0.15) is 17.5 Å². The summed E-state index contributed by atoms with van der Waals surface area (Å²) in [5.74, 6) is 0.865. The number of hydrogen-bond donors (Lipinski definition) is 1. The number of nitrogens with one attached hydrogen (secondary N) is 1.